The number of aliphatic carboxylic acids is 1. The number of para-hydroxylation sites is 1. The van der Waals surface area contributed by atoms with Gasteiger partial charge in [-0.05, 0) is 34.9 Å². The second kappa shape index (κ2) is 9.99. The van der Waals surface area contributed by atoms with Crippen molar-refractivity contribution in [2.45, 2.75) is 18.9 Å². The van der Waals surface area contributed by atoms with Crippen LogP contribution in [0, 0.1) is 0 Å². The number of nitrogens with one attached hydrogen (secondary N) is 2. The van der Waals surface area contributed by atoms with Gasteiger partial charge in [-0.1, -0.05) is 42.5 Å². The molecule has 1 aromatic heterocycles. The number of aliphatic imine (C=N–C) groups is 1. The number of rotatable bonds is 7. The molecule has 3 aromatic rings. The molecular weight excluding hydrogens is 458 g/mol. The Kier molecular flexibility index (Phi) is 6.44. The topological polar surface area (TPSA) is 124 Å². The van der Waals surface area contributed by atoms with E-state index in [1.165, 1.54) is 4.90 Å². The number of nitrogens with zero attached hydrogens (tertiary/aromatic N) is 3. The number of carboxylic acid groups (broad SMARTS) is 1. The number of carboxylic acids is 1. The van der Waals surface area contributed by atoms with Crippen molar-refractivity contribution in [3.05, 3.63) is 94.8 Å². The molecule has 2 amide bonds. The van der Waals surface area contributed by atoms with Gasteiger partial charge in [0.15, 0.2) is 0 Å². The number of fused-ring (bicyclic) bond motifs is 2. The van der Waals surface area contributed by atoms with E-state index in [4.69, 9.17) is 0 Å². The summed E-state index contributed by atoms with van der Waals surface area (Å²) >= 11 is 0. The molecule has 2 aliphatic rings. The monoisotopic (exact) mass is 483 g/mol. The van der Waals surface area contributed by atoms with Crippen molar-refractivity contribution in [3.8, 4) is 0 Å². The summed E-state index contributed by atoms with van der Waals surface area (Å²) in [6.45, 7) is 1.59. The molecule has 9 nitrogen and oxygen atoms in total. The predicted molar refractivity (Wildman–Crippen MR) is 134 cm³/mol. The number of anilines is 1. The molecule has 2 aliphatic heterocycles. The van der Waals surface area contributed by atoms with Gasteiger partial charge in [-0.3, -0.25) is 29.3 Å². The van der Waals surface area contributed by atoms with Gasteiger partial charge in [-0.15, -0.1) is 0 Å². The summed E-state index contributed by atoms with van der Waals surface area (Å²) in [5, 5.41) is 15.6. The predicted octanol–water partition coefficient (Wildman–Crippen LogP) is 2.31. The van der Waals surface area contributed by atoms with Crippen LogP contribution in [0.25, 0.3) is 0 Å². The zero-order valence-corrected chi connectivity index (χ0v) is 19.5. The van der Waals surface area contributed by atoms with Gasteiger partial charge in [0.05, 0.1) is 13.0 Å². The van der Waals surface area contributed by atoms with Crippen molar-refractivity contribution < 1.29 is 19.5 Å². The first-order valence-electron chi connectivity index (χ1n) is 11.7. The zero-order chi connectivity index (χ0) is 25.1. The first-order chi connectivity index (χ1) is 17.5. The molecule has 0 radical (unpaired) electrons. The summed E-state index contributed by atoms with van der Waals surface area (Å²) in [7, 11) is 0. The van der Waals surface area contributed by atoms with Crippen LogP contribution in [0.4, 0.5) is 5.69 Å². The number of pyridine rings is 1. The van der Waals surface area contributed by atoms with Crippen LogP contribution in [0.15, 0.2) is 71.9 Å². The highest BCUT2D eigenvalue weighted by Crippen LogP contribution is 2.40. The Bertz CT molecular complexity index is 1350. The zero-order valence-electron chi connectivity index (χ0n) is 19.5. The van der Waals surface area contributed by atoms with E-state index in [0.29, 0.717) is 22.4 Å². The molecule has 1 unspecified atom stereocenters. The van der Waals surface area contributed by atoms with Gasteiger partial charge in [-0.2, -0.15) is 0 Å². The lowest BCUT2D eigenvalue weighted by atomic mass is 9.86. The van der Waals surface area contributed by atoms with E-state index in [2.05, 4.69) is 20.6 Å². The maximum atomic E-state index is 13.6. The minimum Gasteiger partial charge on any atom is -0.481 e. The van der Waals surface area contributed by atoms with Gasteiger partial charge in [0.25, 0.3) is 5.91 Å². The minimum atomic E-state index is -0.960. The third-order valence-corrected chi connectivity index (χ3v) is 6.33. The number of amidine groups is 1. The number of aromatic nitrogens is 1. The van der Waals surface area contributed by atoms with Crippen molar-refractivity contribution in [1.82, 2.24) is 15.6 Å². The Hall–Kier alpha value is -4.53. The molecule has 0 fully saturated rings. The Morgan fingerprint density at radius 1 is 1.06 bits per heavy atom. The summed E-state index contributed by atoms with van der Waals surface area (Å²) in [6, 6.07) is 17.9. The first kappa shape index (κ1) is 23.2. The van der Waals surface area contributed by atoms with Crippen LogP contribution in [-0.4, -0.2) is 53.3 Å². The van der Waals surface area contributed by atoms with E-state index in [9.17, 15) is 19.5 Å². The summed E-state index contributed by atoms with van der Waals surface area (Å²) in [5.41, 5.74) is 3.86. The molecule has 3 N–H and O–H groups in total. The van der Waals surface area contributed by atoms with Crippen molar-refractivity contribution in [2.24, 2.45) is 4.99 Å². The molecule has 0 saturated carbocycles. The molecule has 2 aromatic carbocycles. The molecule has 0 saturated heterocycles. The van der Waals surface area contributed by atoms with Crippen LogP contribution in [0.3, 0.4) is 0 Å². The second-order valence-corrected chi connectivity index (χ2v) is 8.67. The van der Waals surface area contributed by atoms with Crippen LogP contribution in [0.2, 0.25) is 0 Å². The maximum Gasteiger partial charge on any atom is 0.304 e. The van der Waals surface area contributed by atoms with E-state index < -0.39 is 11.9 Å². The highest BCUT2D eigenvalue weighted by Gasteiger charge is 2.34. The van der Waals surface area contributed by atoms with Crippen molar-refractivity contribution in [2.75, 3.05) is 24.5 Å². The number of carbonyl (C=O) groups is 3. The normalized spacial score (nSPS) is 16.3. The van der Waals surface area contributed by atoms with Crippen LogP contribution in [0.5, 0.6) is 0 Å². The van der Waals surface area contributed by atoms with Crippen LogP contribution in [-0.2, 0) is 16.1 Å². The van der Waals surface area contributed by atoms with Crippen molar-refractivity contribution in [3.63, 3.8) is 0 Å². The summed E-state index contributed by atoms with van der Waals surface area (Å²) < 4.78 is 0. The molecule has 0 aliphatic carbocycles. The standard InChI is InChI=1S/C27H25N5O4/c33-24(31-15-17-9-10-22(30-14-17)26-28-11-12-29-26)16-32-23-8-4-3-6-19(23)21(13-25(34)35)18-5-1-2-7-20(18)27(32)36/h1-10,14,21H,11-13,15-16H2,(H,28,29)(H,31,33)(H,34,35). The lowest BCUT2D eigenvalue weighted by Gasteiger charge is -2.23. The lowest BCUT2D eigenvalue weighted by Crippen LogP contribution is -2.40. The van der Waals surface area contributed by atoms with Gasteiger partial charge < -0.3 is 15.7 Å². The fourth-order valence-electron chi connectivity index (χ4n) is 4.64. The summed E-state index contributed by atoms with van der Waals surface area (Å²) in [5.74, 6) is -1.37. The Morgan fingerprint density at radius 2 is 1.83 bits per heavy atom. The molecule has 0 spiro atoms. The highest BCUT2D eigenvalue weighted by molar-refractivity contribution is 6.11. The first-order valence-corrected chi connectivity index (χ1v) is 11.7. The van der Waals surface area contributed by atoms with Gasteiger partial charge in [0, 0.05) is 36.5 Å². The molecule has 1 atom stereocenters. The van der Waals surface area contributed by atoms with Gasteiger partial charge >= 0.3 is 5.97 Å². The van der Waals surface area contributed by atoms with Crippen molar-refractivity contribution >= 4 is 29.3 Å². The van der Waals surface area contributed by atoms with Gasteiger partial charge in [0.2, 0.25) is 5.91 Å². The molecule has 0 bridgehead atoms. The number of benzene rings is 2. The third-order valence-electron chi connectivity index (χ3n) is 6.33. The molecule has 3 heterocycles. The second-order valence-electron chi connectivity index (χ2n) is 8.67. The summed E-state index contributed by atoms with van der Waals surface area (Å²) in [4.78, 5) is 48.4. The molecule has 5 rings (SSSR count). The van der Waals surface area contributed by atoms with Crippen molar-refractivity contribution in [1.29, 1.82) is 0 Å². The maximum absolute atomic E-state index is 13.6. The molecular formula is C27H25N5O4. The number of hydrogen-bond acceptors (Lipinski definition) is 6. The minimum absolute atomic E-state index is 0.160. The Morgan fingerprint density at radius 3 is 2.56 bits per heavy atom. The lowest BCUT2D eigenvalue weighted by molar-refractivity contribution is -0.137. The Labute approximate surface area is 207 Å². The van der Waals surface area contributed by atoms with Crippen LogP contribution >= 0.6 is 0 Å². The molecule has 36 heavy (non-hydrogen) atoms. The number of amides is 2. The number of carbonyl (C=O) groups excluding carboxylic acids is 2. The SMILES string of the molecule is O=C(O)CC1c2ccccc2C(=O)N(CC(=O)NCc2ccc(C3=NCCN3)nc2)c2ccccc21. The van der Waals surface area contributed by atoms with E-state index >= 15 is 0 Å². The van der Waals surface area contributed by atoms with E-state index in [-0.39, 0.29) is 31.3 Å². The highest BCUT2D eigenvalue weighted by atomic mass is 16.4. The quantitative estimate of drug-likeness (QED) is 0.474. The fourth-order valence-corrected chi connectivity index (χ4v) is 4.64. The van der Waals surface area contributed by atoms with Gasteiger partial charge in [-0.25, -0.2) is 0 Å². The Balaban J connectivity index is 1.36. The number of hydrogen-bond donors (Lipinski definition) is 3. The van der Waals surface area contributed by atoms with E-state index in [1.54, 1.807) is 42.6 Å². The van der Waals surface area contributed by atoms with Crippen LogP contribution in [0.1, 0.15) is 45.1 Å². The van der Waals surface area contributed by atoms with E-state index in [0.717, 1.165) is 30.2 Å². The van der Waals surface area contributed by atoms with Crippen LogP contribution < -0.4 is 15.5 Å². The average molecular weight is 484 g/mol. The molecule has 182 valence electrons. The average Bonchev–Trinajstić information content (AvgIpc) is 3.42. The third kappa shape index (κ3) is 4.68. The van der Waals surface area contributed by atoms with Gasteiger partial charge in [0.1, 0.15) is 18.1 Å². The molecule has 9 heteroatoms. The smallest absolute Gasteiger partial charge is 0.304 e. The largest absolute Gasteiger partial charge is 0.481 e. The summed E-state index contributed by atoms with van der Waals surface area (Å²) in [6.07, 6.45) is 1.53. The van der Waals surface area contributed by atoms with E-state index in [1.807, 2.05) is 24.3 Å². The fraction of sp³-hybridized carbons (Fsp3) is 0.222.